The van der Waals surface area contributed by atoms with E-state index in [1.54, 1.807) is 0 Å². The molecule has 4 N–H and O–H groups in total. The number of nitrogens with two attached hydrogens (primary N) is 1. The van der Waals surface area contributed by atoms with Crippen molar-refractivity contribution in [2.45, 2.75) is 63.6 Å². The molecule has 0 heterocycles. The number of benzene rings is 1. The van der Waals surface area contributed by atoms with Gasteiger partial charge in [0.25, 0.3) is 0 Å². The first kappa shape index (κ1) is 24.6. The van der Waals surface area contributed by atoms with Crippen molar-refractivity contribution in [3.63, 3.8) is 0 Å². The van der Waals surface area contributed by atoms with Crippen LogP contribution in [-0.4, -0.2) is 43.3 Å². The molecule has 0 spiro atoms. The summed E-state index contributed by atoms with van der Waals surface area (Å²) < 4.78 is 30.6. The van der Waals surface area contributed by atoms with Crippen molar-refractivity contribution in [2.24, 2.45) is 5.73 Å². The number of ether oxygens (including phenoxy) is 1. The number of amides is 2. The highest BCUT2D eigenvalue weighted by Crippen LogP contribution is 2.18. The standard InChI is InChI=1S/C19H29N3O3.O3S/c20-13-7-6-12-17(18(23)21-16-10-4-5-11-16)22-19(24)25-14-15-8-2-1-3-9-15;1-4(2)3/h1-3,8-9,16-17H,4-7,10-14,20H2,(H,21,23)(H,22,24);/t17-;/m0./s1. The zero-order valence-corrected chi connectivity index (χ0v) is 17.2. The van der Waals surface area contributed by atoms with Crippen LogP contribution in [0.15, 0.2) is 30.3 Å². The smallest absolute Gasteiger partial charge is 0.425 e. The zero-order valence-electron chi connectivity index (χ0n) is 16.3. The van der Waals surface area contributed by atoms with Crippen molar-refractivity contribution in [1.29, 1.82) is 0 Å². The Morgan fingerprint density at radius 1 is 1.10 bits per heavy atom. The minimum absolute atomic E-state index is 0.124. The molecular weight excluding hydrogens is 398 g/mol. The van der Waals surface area contributed by atoms with Crippen LogP contribution in [0, 0.1) is 0 Å². The molecule has 2 rings (SSSR count). The molecule has 0 aliphatic heterocycles. The summed E-state index contributed by atoms with van der Waals surface area (Å²) in [6.45, 7) is 0.766. The van der Waals surface area contributed by atoms with Gasteiger partial charge in [0.15, 0.2) is 0 Å². The molecule has 1 aliphatic rings. The first-order valence-electron chi connectivity index (χ1n) is 9.66. The minimum atomic E-state index is -3.11. The first-order chi connectivity index (χ1) is 13.9. The van der Waals surface area contributed by atoms with Gasteiger partial charge >= 0.3 is 16.7 Å². The van der Waals surface area contributed by atoms with Gasteiger partial charge in [0.2, 0.25) is 5.91 Å². The fourth-order valence-electron chi connectivity index (χ4n) is 3.04. The van der Waals surface area contributed by atoms with E-state index in [2.05, 4.69) is 10.6 Å². The molecule has 2 amide bonds. The zero-order chi connectivity index (χ0) is 21.5. The summed E-state index contributed by atoms with van der Waals surface area (Å²) in [5.74, 6) is -0.124. The monoisotopic (exact) mass is 427 g/mol. The summed E-state index contributed by atoms with van der Waals surface area (Å²) in [7, 11) is -3.11. The molecule has 1 saturated carbocycles. The van der Waals surface area contributed by atoms with Crippen molar-refractivity contribution in [1.82, 2.24) is 10.6 Å². The molecule has 9 nitrogen and oxygen atoms in total. The van der Waals surface area contributed by atoms with E-state index in [1.807, 2.05) is 30.3 Å². The van der Waals surface area contributed by atoms with Gasteiger partial charge in [-0.1, -0.05) is 43.2 Å². The predicted molar refractivity (Wildman–Crippen MR) is 107 cm³/mol. The SMILES string of the molecule is NCCCC[C@H](NC(=O)OCc1ccccc1)C(=O)NC1CCCC1.O=S(=O)=O. The maximum absolute atomic E-state index is 12.5. The van der Waals surface area contributed by atoms with E-state index >= 15 is 0 Å². The lowest BCUT2D eigenvalue weighted by Gasteiger charge is -2.21. The van der Waals surface area contributed by atoms with Crippen LogP contribution in [-0.2, 0) is 26.7 Å². The average molecular weight is 428 g/mol. The number of rotatable bonds is 9. The van der Waals surface area contributed by atoms with Gasteiger partial charge in [-0.05, 0) is 44.2 Å². The Labute approximate surface area is 172 Å². The van der Waals surface area contributed by atoms with Crippen LogP contribution in [0.3, 0.4) is 0 Å². The van der Waals surface area contributed by atoms with Crippen LogP contribution in [0.5, 0.6) is 0 Å². The van der Waals surface area contributed by atoms with E-state index < -0.39 is 22.7 Å². The summed E-state index contributed by atoms with van der Waals surface area (Å²) in [6.07, 6.45) is 5.94. The van der Waals surface area contributed by atoms with Gasteiger partial charge in [-0.2, -0.15) is 0 Å². The van der Waals surface area contributed by atoms with Gasteiger partial charge in [-0.25, -0.2) is 4.79 Å². The highest BCUT2D eigenvalue weighted by atomic mass is 32.2. The Bertz CT molecular complexity index is 714. The van der Waals surface area contributed by atoms with Gasteiger partial charge in [-0.3, -0.25) is 4.79 Å². The molecule has 0 radical (unpaired) electrons. The molecule has 1 aromatic rings. The molecule has 10 heteroatoms. The summed E-state index contributed by atoms with van der Waals surface area (Å²) in [6, 6.07) is 9.12. The van der Waals surface area contributed by atoms with E-state index in [-0.39, 0.29) is 18.6 Å². The molecule has 0 bridgehead atoms. The van der Waals surface area contributed by atoms with Crippen molar-refractivity contribution >= 4 is 22.6 Å². The fourth-order valence-corrected chi connectivity index (χ4v) is 3.04. The van der Waals surface area contributed by atoms with Crippen LogP contribution < -0.4 is 16.4 Å². The molecule has 0 saturated heterocycles. The number of hydrogen-bond acceptors (Lipinski definition) is 7. The lowest BCUT2D eigenvalue weighted by atomic mass is 10.1. The topological polar surface area (TPSA) is 145 Å². The Hall–Kier alpha value is -2.46. The third kappa shape index (κ3) is 11.9. The van der Waals surface area contributed by atoms with E-state index in [1.165, 1.54) is 0 Å². The summed E-state index contributed by atoms with van der Waals surface area (Å²) in [5, 5.41) is 5.75. The van der Waals surface area contributed by atoms with Crippen LogP contribution >= 0.6 is 0 Å². The molecule has 162 valence electrons. The second-order valence-electron chi connectivity index (χ2n) is 6.74. The Morgan fingerprint density at radius 3 is 2.31 bits per heavy atom. The second-order valence-corrected chi connectivity index (χ2v) is 7.15. The Balaban J connectivity index is 0.000000960. The number of unbranched alkanes of at least 4 members (excludes halogenated alkanes) is 1. The minimum Gasteiger partial charge on any atom is -0.445 e. The van der Waals surface area contributed by atoms with Crippen molar-refractivity contribution < 1.29 is 27.0 Å². The number of alkyl carbamates (subject to hydrolysis) is 1. The predicted octanol–water partition coefficient (Wildman–Crippen LogP) is 1.47. The first-order valence-corrected chi connectivity index (χ1v) is 10.7. The Kier molecular flexibility index (Phi) is 12.3. The van der Waals surface area contributed by atoms with Crippen molar-refractivity contribution in [3.8, 4) is 0 Å². The third-order valence-corrected chi connectivity index (χ3v) is 4.47. The fraction of sp³-hybridized carbons (Fsp3) is 0.579. The highest BCUT2D eigenvalue weighted by molar-refractivity contribution is 7.59. The molecule has 0 aromatic heterocycles. The molecule has 0 unspecified atom stereocenters. The Morgan fingerprint density at radius 2 is 1.72 bits per heavy atom. The average Bonchev–Trinajstić information content (AvgIpc) is 3.19. The molecular formula is C19H29N3O6S. The van der Waals surface area contributed by atoms with Crippen molar-refractivity contribution in [3.05, 3.63) is 35.9 Å². The maximum Gasteiger partial charge on any atom is 0.425 e. The molecule has 1 aliphatic carbocycles. The van der Waals surface area contributed by atoms with Crippen LogP contribution in [0.25, 0.3) is 0 Å². The van der Waals surface area contributed by atoms with Gasteiger partial charge in [0.05, 0.1) is 0 Å². The van der Waals surface area contributed by atoms with Crippen molar-refractivity contribution in [2.75, 3.05) is 6.54 Å². The molecule has 29 heavy (non-hydrogen) atoms. The molecule has 1 fully saturated rings. The van der Waals surface area contributed by atoms with E-state index in [0.29, 0.717) is 13.0 Å². The highest BCUT2D eigenvalue weighted by Gasteiger charge is 2.25. The second kappa shape index (κ2) is 14.5. The number of hydrogen-bond donors (Lipinski definition) is 3. The summed E-state index contributed by atoms with van der Waals surface area (Å²) >= 11 is 0. The lowest BCUT2D eigenvalue weighted by molar-refractivity contribution is -0.124. The normalized spacial score (nSPS) is 14.2. The van der Waals surface area contributed by atoms with Gasteiger partial charge < -0.3 is 21.1 Å². The number of nitrogens with one attached hydrogen (secondary N) is 2. The van der Waals surface area contributed by atoms with E-state index in [0.717, 1.165) is 44.1 Å². The number of carbonyl (C=O) groups excluding carboxylic acids is 2. The van der Waals surface area contributed by atoms with Crippen LogP contribution in [0.1, 0.15) is 50.5 Å². The van der Waals surface area contributed by atoms with E-state index in [4.69, 9.17) is 23.1 Å². The van der Waals surface area contributed by atoms with Gasteiger partial charge in [0, 0.05) is 6.04 Å². The summed E-state index contributed by atoms with van der Waals surface area (Å²) in [5.41, 5.74) is 6.43. The molecule has 1 atom stereocenters. The van der Waals surface area contributed by atoms with Crippen LogP contribution in [0.2, 0.25) is 0 Å². The van der Waals surface area contributed by atoms with Crippen LogP contribution in [0.4, 0.5) is 4.79 Å². The van der Waals surface area contributed by atoms with Gasteiger partial charge in [0.1, 0.15) is 12.6 Å². The third-order valence-electron chi connectivity index (χ3n) is 4.47. The van der Waals surface area contributed by atoms with E-state index in [9.17, 15) is 9.59 Å². The maximum atomic E-state index is 12.5. The quantitative estimate of drug-likeness (QED) is 0.506. The number of carbonyl (C=O) groups is 2. The summed E-state index contributed by atoms with van der Waals surface area (Å²) in [4.78, 5) is 24.6. The van der Waals surface area contributed by atoms with Gasteiger partial charge in [-0.15, -0.1) is 12.6 Å². The lowest BCUT2D eigenvalue weighted by Crippen LogP contribution is -2.49. The largest absolute Gasteiger partial charge is 0.445 e. The molecule has 1 aromatic carbocycles.